The molecule has 0 radical (unpaired) electrons. The van der Waals surface area contributed by atoms with E-state index >= 15 is 0 Å². The van der Waals surface area contributed by atoms with E-state index in [2.05, 4.69) is 26.3 Å². The zero-order valence-electron chi connectivity index (χ0n) is 21.5. The maximum atomic E-state index is 13.6. The molecule has 13 heteroatoms. The first-order chi connectivity index (χ1) is 18.9. The molecule has 0 aliphatic carbocycles. The number of hydrogen-bond donors (Lipinski definition) is 4. The number of benzene rings is 1. The first-order valence-corrected chi connectivity index (χ1v) is 13.2. The summed E-state index contributed by atoms with van der Waals surface area (Å²) in [5.41, 5.74) is 0.0245. The van der Waals surface area contributed by atoms with Crippen molar-refractivity contribution in [2.75, 3.05) is 32.9 Å². The second kappa shape index (κ2) is 11.5. The number of hydrogen-bond acceptors (Lipinski definition) is 8. The third-order valence-electron chi connectivity index (χ3n) is 7.71. The maximum Gasteiger partial charge on any atom is 0.254 e. The van der Waals surface area contributed by atoms with Crippen molar-refractivity contribution in [1.29, 1.82) is 0 Å². The van der Waals surface area contributed by atoms with Crippen LogP contribution in [0.1, 0.15) is 35.3 Å². The second-order valence-electron chi connectivity index (χ2n) is 10.3. The average molecular weight is 540 g/mol. The molecule has 13 nitrogen and oxygen atoms in total. The number of aromatic nitrogens is 3. The lowest BCUT2D eigenvalue weighted by molar-refractivity contribution is -0.139. The molecule has 5 rings (SSSR count). The van der Waals surface area contributed by atoms with Gasteiger partial charge in [0.2, 0.25) is 17.7 Å². The van der Waals surface area contributed by atoms with Gasteiger partial charge in [0.1, 0.15) is 12.1 Å². The fraction of sp³-hybridized carbons (Fsp3) is 0.538. The van der Waals surface area contributed by atoms with E-state index < -0.39 is 35.4 Å². The van der Waals surface area contributed by atoms with Crippen molar-refractivity contribution in [3.63, 3.8) is 0 Å². The number of aliphatic hydroxyl groups excluding tert-OH is 1. The first kappa shape index (κ1) is 26.8. The number of fused-ring (bicyclic) bond motifs is 2. The van der Waals surface area contributed by atoms with E-state index in [0.717, 1.165) is 0 Å². The number of aliphatic hydroxyl groups is 1. The number of ether oxygens (including phenoxy) is 1. The van der Waals surface area contributed by atoms with Crippen LogP contribution in [-0.2, 0) is 32.1 Å². The predicted octanol–water partition coefficient (Wildman–Crippen LogP) is -1.38. The molecule has 3 saturated heterocycles. The summed E-state index contributed by atoms with van der Waals surface area (Å²) in [6.45, 7) is 1.17. The molecular weight excluding hydrogens is 506 g/mol. The highest BCUT2D eigenvalue weighted by atomic mass is 16.5. The Hall–Kier alpha value is -3.84. The lowest BCUT2D eigenvalue weighted by atomic mass is 9.78. The van der Waals surface area contributed by atoms with E-state index in [4.69, 9.17) is 4.74 Å². The Kier molecular flexibility index (Phi) is 7.89. The predicted molar refractivity (Wildman–Crippen MR) is 136 cm³/mol. The monoisotopic (exact) mass is 539 g/mol. The summed E-state index contributed by atoms with van der Waals surface area (Å²) in [5, 5.41) is 26.0. The van der Waals surface area contributed by atoms with Crippen LogP contribution in [0.2, 0.25) is 0 Å². The van der Waals surface area contributed by atoms with Gasteiger partial charge in [-0.25, -0.2) is 4.68 Å². The highest BCUT2D eigenvalue weighted by Crippen LogP contribution is 2.32. The zero-order chi connectivity index (χ0) is 27.4. The molecule has 2 aromatic rings. The Morgan fingerprint density at radius 2 is 1.87 bits per heavy atom. The molecule has 2 bridgehead atoms. The normalized spacial score (nSPS) is 25.3. The minimum atomic E-state index is -1.01. The molecule has 3 fully saturated rings. The Balaban J connectivity index is 1.45. The summed E-state index contributed by atoms with van der Waals surface area (Å²) in [7, 11) is 0. The van der Waals surface area contributed by atoms with Crippen LogP contribution < -0.4 is 16.0 Å². The quantitative estimate of drug-likeness (QED) is 0.361. The molecule has 0 saturated carbocycles. The molecule has 1 spiro atoms. The molecule has 0 unspecified atom stereocenters. The van der Waals surface area contributed by atoms with Crippen molar-refractivity contribution in [3.05, 3.63) is 47.8 Å². The topological polar surface area (TPSA) is 168 Å². The molecule has 4 heterocycles. The largest absolute Gasteiger partial charge is 0.394 e. The zero-order valence-corrected chi connectivity index (χ0v) is 21.5. The van der Waals surface area contributed by atoms with Gasteiger partial charge in [0, 0.05) is 50.5 Å². The summed E-state index contributed by atoms with van der Waals surface area (Å²) in [6, 6.07) is 6.35. The second-order valence-corrected chi connectivity index (χ2v) is 10.3. The number of carbonyl (C=O) groups is 4. The molecule has 3 atom stereocenters. The Labute approximate surface area is 225 Å². The van der Waals surface area contributed by atoms with E-state index in [1.54, 1.807) is 36.5 Å². The van der Waals surface area contributed by atoms with Gasteiger partial charge in [-0.3, -0.25) is 19.2 Å². The van der Waals surface area contributed by atoms with Crippen LogP contribution in [0.3, 0.4) is 0 Å². The third kappa shape index (κ3) is 5.78. The minimum absolute atomic E-state index is 0.0497. The number of nitrogens with zero attached hydrogens (tertiary/aromatic N) is 4. The average Bonchev–Trinajstić information content (AvgIpc) is 3.58. The number of amides is 4. The van der Waals surface area contributed by atoms with Gasteiger partial charge in [0.05, 0.1) is 24.3 Å². The van der Waals surface area contributed by atoms with Crippen LogP contribution in [0.5, 0.6) is 0 Å². The van der Waals surface area contributed by atoms with Gasteiger partial charge in [-0.05, 0) is 31.4 Å². The minimum Gasteiger partial charge on any atom is -0.394 e. The number of nitrogens with one attached hydrogen (secondary N) is 3. The molecule has 1 aromatic carbocycles. The van der Waals surface area contributed by atoms with E-state index in [0.29, 0.717) is 37.3 Å². The van der Waals surface area contributed by atoms with Crippen molar-refractivity contribution in [3.8, 4) is 0 Å². The standard InChI is InChI=1S/C26H33N7O6/c34-9-8-32-14-19(30-31-32)12-20-22(35)27-16-26(6-10-39-11-7-26)25(38)28-18-13-21(23(36)29-20)33(15-18)24(37)17-4-2-1-3-5-17/h1-5,14,18,20-21,34H,6-13,15-16H2,(H,27,35)(H,28,38)(H,29,36)/t18-,20-,21+/m1/s1. The molecule has 4 amide bonds. The van der Waals surface area contributed by atoms with Crippen LogP contribution in [-0.4, -0.2) is 99.7 Å². The Morgan fingerprint density at radius 1 is 1.10 bits per heavy atom. The highest BCUT2D eigenvalue weighted by molar-refractivity contribution is 5.99. The first-order valence-electron chi connectivity index (χ1n) is 13.2. The molecule has 39 heavy (non-hydrogen) atoms. The van der Waals surface area contributed by atoms with Crippen LogP contribution in [0.15, 0.2) is 36.5 Å². The van der Waals surface area contributed by atoms with E-state index in [-0.39, 0.29) is 50.9 Å². The van der Waals surface area contributed by atoms with Crippen LogP contribution >= 0.6 is 0 Å². The Morgan fingerprint density at radius 3 is 2.62 bits per heavy atom. The smallest absolute Gasteiger partial charge is 0.254 e. The van der Waals surface area contributed by atoms with Crippen molar-refractivity contribution in [2.45, 2.75) is 50.4 Å². The van der Waals surface area contributed by atoms with Crippen molar-refractivity contribution in [1.82, 2.24) is 35.8 Å². The van der Waals surface area contributed by atoms with E-state index in [9.17, 15) is 24.3 Å². The summed E-state index contributed by atoms with van der Waals surface area (Å²) < 4.78 is 6.95. The van der Waals surface area contributed by atoms with Crippen molar-refractivity contribution < 1.29 is 29.0 Å². The molecular formula is C26H33N7O6. The summed E-state index contributed by atoms with van der Waals surface area (Å²) in [6.07, 6.45) is 2.76. The number of rotatable bonds is 5. The van der Waals surface area contributed by atoms with Gasteiger partial charge in [0.25, 0.3) is 5.91 Å². The van der Waals surface area contributed by atoms with Crippen LogP contribution in [0.25, 0.3) is 0 Å². The van der Waals surface area contributed by atoms with E-state index in [1.807, 2.05) is 0 Å². The Bertz CT molecular complexity index is 1210. The van der Waals surface area contributed by atoms with Gasteiger partial charge in [0.15, 0.2) is 0 Å². The highest BCUT2D eigenvalue weighted by Gasteiger charge is 2.46. The lowest BCUT2D eigenvalue weighted by Gasteiger charge is -2.37. The lowest BCUT2D eigenvalue weighted by Crippen LogP contribution is -2.57. The number of likely N-dealkylation sites (tertiary alicyclic amines) is 1. The molecule has 3 aliphatic heterocycles. The summed E-state index contributed by atoms with van der Waals surface area (Å²) in [4.78, 5) is 55.5. The summed E-state index contributed by atoms with van der Waals surface area (Å²) >= 11 is 0. The van der Waals surface area contributed by atoms with Crippen LogP contribution in [0.4, 0.5) is 0 Å². The number of carbonyl (C=O) groups excluding carboxylic acids is 4. The van der Waals surface area contributed by atoms with Gasteiger partial charge < -0.3 is 30.7 Å². The summed E-state index contributed by atoms with van der Waals surface area (Å²) in [5.74, 6) is -1.49. The van der Waals surface area contributed by atoms with Gasteiger partial charge in [-0.2, -0.15) is 0 Å². The fourth-order valence-electron chi connectivity index (χ4n) is 5.45. The van der Waals surface area contributed by atoms with Crippen LogP contribution in [0, 0.1) is 5.41 Å². The van der Waals surface area contributed by atoms with Crippen molar-refractivity contribution >= 4 is 23.6 Å². The maximum absolute atomic E-state index is 13.6. The third-order valence-corrected chi connectivity index (χ3v) is 7.71. The molecule has 3 aliphatic rings. The molecule has 208 valence electrons. The van der Waals surface area contributed by atoms with Gasteiger partial charge >= 0.3 is 0 Å². The van der Waals surface area contributed by atoms with Crippen molar-refractivity contribution in [2.24, 2.45) is 5.41 Å². The molecule has 1 aromatic heterocycles. The van der Waals surface area contributed by atoms with Gasteiger partial charge in [-0.15, -0.1) is 5.10 Å². The van der Waals surface area contributed by atoms with Gasteiger partial charge in [-0.1, -0.05) is 23.4 Å². The fourth-order valence-corrected chi connectivity index (χ4v) is 5.45. The van der Waals surface area contributed by atoms with E-state index in [1.165, 1.54) is 9.58 Å². The molecule has 4 N–H and O–H groups in total. The SMILES string of the molecule is O=C1NCC2(CCOCC2)C(=O)N[C@@H]2C[C@@H](C(=O)N[C@@H]1Cc1cn(CCO)nn1)N(C(=O)c1ccccc1)C2.